The highest BCUT2D eigenvalue weighted by atomic mass is 16.5. The second-order valence-corrected chi connectivity index (χ2v) is 8.11. The van der Waals surface area contributed by atoms with Gasteiger partial charge in [-0.25, -0.2) is 0 Å². The first kappa shape index (κ1) is 20.5. The monoisotopic (exact) mass is 411 g/mol. The van der Waals surface area contributed by atoms with E-state index in [4.69, 9.17) is 4.74 Å². The number of aromatic nitrogens is 1. The zero-order valence-electron chi connectivity index (χ0n) is 17.3. The van der Waals surface area contributed by atoms with Crippen molar-refractivity contribution in [2.45, 2.75) is 51.2 Å². The summed E-state index contributed by atoms with van der Waals surface area (Å²) in [6, 6.07) is 11.1. The lowest BCUT2D eigenvalue weighted by Crippen LogP contribution is -2.56. The minimum atomic E-state index is -0.570. The van der Waals surface area contributed by atoms with Crippen LogP contribution < -0.4 is 15.8 Å². The van der Waals surface area contributed by atoms with Crippen LogP contribution in [-0.4, -0.2) is 35.1 Å². The number of pyridine rings is 1. The van der Waals surface area contributed by atoms with Gasteiger partial charge in [-0.05, 0) is 30.7 Å². The highest BCUT2D eigenvalue weighted by Gasteiger charge is 2.35. The maximum absolute atomic E-state index is 12.4. The molecule has 4 rings (SSSR count). The average molecular weight is 412 g/mol. The van der Waals surface area contributed by atoms with Crippen LogP contribution in [0.5, 0.6) is 5.75 Å². The third-order valence-corrected chi connectivity index (χ3v) is 6.18. The summed E-state index contributed by atoms with van der Waals surface area (Å²) in [7, 11) is 0. The third-order valence-electron chi connectivity index (χ3n) is 6.18. The van der Waals surface area contributed by atoms with E-state index in [1.54, 1.807) is 10.9 Å². The molecule has 1 amide bonds. The lowest BCUT2D eigenvalue weighted by atomic mass is 9.98. The summed E-state index contributed by atoms with van der Waals surface area (Å²) in [4.78, 5) is 24.3. The van der Waals surface area contributed by atoms with Crippen LogP contribution in [-0.2, 0) is 4.74 Å². The zero-order chi connectivity index (χ0) is 21.1. The second kappa shape index (κ2) is 8.92. The number of ether oxygens (including phenoxy) is 1. The van der Waals surface area contributed by atoms with Crippen LogP contribution in [0.3, 0.4) is 0 Å². The van der Waals surface area contributed by atoms with Crippen LogP contribution >= 0.6 is 0 Å². The van der Waals surface area contributed by atoms with Crippen molar-refractivity contribution in [2.24, 2.45) is 5.92 Å². The summed E-state index contributed by atoms with van der Waals surface area (Å²) in [5, 5.41) is 15.0. The van der Waals surface area contributed by atoms with E-state index in [1.807, 2.05) is 35.3 Å². The number of rotatable bonds is 7. The van der Waals surface area contributed by atoms with Gasteiger partial charge in [0, 0.05) is 18.9 Å². The number of aromatic hydroxyl groups is 1. The minimum Gasteiger partial charge on any atom is -0.502 e. The molecular formula is C23H29N3O4. The van der Waals surface area contributed by atoms with Gasteiger partial charge in [-0.15, -0.1) is 0 Å². The number of hydrogen-bond donors (Lipinski definition) is 2. The molecule has 2 aromatic rings. The second-order valence-electron chi connectivity index (χ2n) is 8.11. The smallest absolute Gasteiger partial charge is 0.275 e. The molecule has 1 aliphatic carbocycles. The summed E-state index contributed by atoms with van der Waals surface area (Å²) in [6.45, 7) is 3.07. The number of hydrogen-bond acceptors (Lipinski definition) is 5. The lowest BCUT2D eigenvalue weighted by molar-refractivity contribution is 0.00461. The van der Waals surface area contributed by atoms with E-state index >= 15 is 0 Å². The predicted molar refractivity (Wildman–Crippen MR) is 114 cm³/mol. The molecule has 1 fully saturated rings. The van der Waals surface area contributed by atoms with Crippen LogP contribution in [0.4, 0.5) is 0 Å². The first-order valence-electron chi connectivity index (χ1n) is 10.8. The molecule has 0 saturated heterocycles. The van der Waals surface area contributed by atoms with E-state index in [0.717, 1.165) is 18.6 Å². The highest BCUT2D eigenvalue weighted by molar-refractivity contribution is 5.96. The van der Waals surface area contributed by atoms with Gasteiger partial charge < -0.3 is 15.2 Å². The molecule has 7 heteroatoms. The summed E-state index contributed by atoms with van der Waals surface area (Å²) in [5.74, 6) is -0.400. The number of fused-ring (bicyclic) bond motifs is 1. The van der Waals surface area contributed by atoms with E-state index in [2.05, 4.69) is 12.2 Å². The van der Waals surface area contributed by atoms with Crippen molar-refractivity contribution in [2.75, 3.05) is 18.3 Å². The van der Waals surface area contributed by atoms with Gasteiger partial charge in [-0.3, -0.25) is 19.3 Å². The van der Waals surface area contributed by atoms with E-state index in [9.17, 15) is 14.7 Å². The maximum Gasteiger partial charge on any atom is 0.275 e. The molecule has 2 N–H and O–H groups in total. The highest BCUT2D eigenvalue weighted by Crippen LogP contribution is 2.32. The van der Waals surface area contributed by atoms with Crippen molar-refractivity contribution in [3.8, 4) is 5.75 Å². The molecule has 2 atom stereocenters. The third kappa shape index (κ3) is 3.94. The fraction of sp³-hybridized carbons (Fsp3) is 0.478. The van der Waals surface area contributed by atoms with Crippen molar-refractivity contribution in [3.63, 3.8) is 0 Å². The molecule has 1 aromatic heterocycles. The number of carbonyl (C=O) groups excluding carboxylic acids is 1. The molecule has 0 radical (unpaired) electrons. The van der Waals surface area contributed by atoms with Crippen LogP contribution in [0.15, 0.2) is 47.4 Å². The maximum atomic E-state index is 12.4. The predicted octanol–water partition coefficient (Wildman–Crippen LogP) is 2.92. The molecule has 30 heavy (non-hydrogen) atoms. The molecule has 2 unspecified atom stereocenters. The van der Waals surface area contributed by atoms with E-state index in [-0.39, 0.29) is 24.5 Å². The van der Waals surface area contributed by atoms with Crippen LogP contribution in [0.2, 0.25) is 0 Å². The Kier molecular flexibility index (Phi) is 6.08. The summed E-state index contributed by atoms with van der Waals surface area (Å²) in [6.07, 6.45) is 7.19. The molecule has 1 aromatic carbocycles. The van der Waals surface area contributed by atoms with E-state index in [0.29, 0.717) is 5.92 Å². The molecular weight excluding hydrogens is 382 g/mol. The fourth-order valence-corrected chi connectivity index (χ4v) is 4.59. The Morgan fingerprint density at radius 3 is 2.60 bits per heavy atom. The minimum absolute atomic E-state index is 0.0414. The quantitative estimate of drug-likeness (QED) is 0.732. The van der Waals surface area contributed by atoms with Gasteiger partial charge >= 0.3 is 0 Å². The Balaban J connectivity index is 1.71. The topological polar surface area (TPSA) is 83.8 Å². The largest absolute Gasteiger partial charge is 0.502 e. The Bertz CT molecular complexity index is 937. The fourth-order valence-electron chi connectivity index (χ4n) is 4.59. The number of nitrogens with one attached hydrogen (secondary N) is 1. The molecule has 2 aliphatic rings. The summed E-state index contributed by atoms with van der Waals surface area (Å²) in [5.41, 5.74) is 0.440. The normalized spacial score (nSPS) is 18.7. The molecule has 7 nitrogen and oxygen atoms in total. The number of benzene rings is 1. The Morgan fingerprint density at radius 1 is 1.17 bits per heavy atom. The van der Waals surface area contributed by atoms with Gasteiger partial charge in [-0.2, -0.15) is 0 Å². The van der Waals surface area contributed by atoms with Gasteiger partial charge in [0.15, 0.2) is 11.4 Å². The van der Waals surface area contributed by atoms with Gasteiger partial charge in [-0.1, -0.05) is 50.1 Å². The first-order valence-corrected chi connectivity index (χ1v) is 10.8. The molecule has 2 heterocycles. The SMILES string of the molecule is CCC(OCC1CCCC1)C(c1ccccc1)N1CNC(=O)c2c(O)c(=O)ccn21. The Morgan fingerprint density at radius 2 is 1.90 bits per heavy atom. The van der Waals surface area contributed by atoms with E-state index in [1.165, 1.54) is 31.7 Å². The van der Waals surface area contributed by atoms with Gasteiger partial charge in [0.2, 0.25) is 5.43 Å². The van der Waals surface area contributed by atoms with Crippen LogP contribution in [0, 0.1) is 5.92 Å². The van der Waals surface area contributed by atoms with Crippen molar-refractivity contribution < 1.29 is 14.6 Å². The average Bonchev–Trinajstić information content (AvgIpc) is 3.29. The summed E-state index contributed by atoms with van der Waals surface area (Å²) < 4.78 is 8.04. The first-order chi connectivity index (χ1) is 14.6. The summed E-state index contributed by atoms with van der Waals surface area (Å²) >= 11 is 0. The molecule has 0 spiro atoms. The Hall–Kier alpha value is -2.80. The zero-order valence-corrected chi connectivity index (χ0v) is 17.3. The van der Waals surface area contributed by atoms with Crippen LogP contribution in [0.1, 0.15) is 61.1 Å². The van der Waals surface area contributed by atoms with Crippen LogP contribution in [0.25, 0.3) is 0 Å². The van der Waals surface area contributed by atoms with Gasteiger partial charge in [0.1, 0.15) is 6.67 Å². The number of amides is 1. The molecule has 0 bridgehead atoms. The number of nitrogens with zero attached hydrogens (tertiary/aromatic N) is 2. The number of carbonyl (C=O) groups is 1. The van der Waals surface area contributed by atoms with Crippen molar-refractivity contribution in [1.82, 2.24) is 9.99 Å². The Labute approximate surface area is 176 Å². The lowest BCUT2D eigenvalue weighted by Gasteiger charge is -2.42. The van der Waals surface area contributed by atoms with E-state index < -0.39 is 17.1 Å². The molecule has 160 valence electrons. The molecule has 1 saturated carbocycles. The van der Waals surface area contributed by atoms with Gasteiger partial charge in [0.25, 0.3) is 5.91 Å². The van der Waals surface area contributed by atoms with Crippen molar-refractivity contribution in [3.05, 3.63) is 64.1 Å². The van der Waals surface area contributed by atoms with Crippen molar-refractivity contribution >= 4 is 5.91 Å². The molecule has 1 aliphatic heterocycles. The van der Waals surface area contributed by atoms with Crippen molar-refractivity contribution in [1.29, 1.82) is 0 Å². The standard InChI is InChI=1S/C23H29N3O4/c1-2-19(30-14-16-8-6-7-9-16)20(17-10-4-3-5-11-17)26-15-24-23(29)21-22(28)18(27)12-13-25(21)26/h3-5,10-13,16,19-20,28H,2,6-9,14-15H2,1H3,(H,24,29). The van der Waals surface area contributed by atoms with Gasteiger partial charge in [0.05, 0.1) is 12.1 Å².